The molecule has 1 amide bonds. The lowest BCUT2D eigenvalue weighted by Gasteiger charge is -2.14. The van der Waals surface area contributed by atoms with Crippen molar-refractivity contribution in [1.82, 2.24) is 5.32 Å². The maximum absolute atomic E-state index is 13.5. The number of nitrogens with one attached hydrogen (secondary N) is 1. The number of hydrogen-bond acceptors (Lipinski definition) is 1. The molecule has 0 bridgehead atoms. The Morgan fingerprint density at radius 2 is 1.71 bits per heavy atom. The fourth-order valence-corrected chi connectivity index (χ4v) is 2.48. The van der Waals surface area contributed by atoms with E-state index in [4.69, 9.17) is 0 Å². The van der Waals surface area contributed by atoms with Gasteiger partial charge in [-0.25, -0.2) is 13.2 Å². The maximum atomic E-state index is 13.5. The highest BCUT2D eigenvalue weighted by molar-refractivity contribution is 6.01. The van der Waals surface area contributed by atoms with E-state index in [2.05, 4.69) is 11.9 Å². The van der Waals surface area contributed by atoms with Gasteiger partial charge in [0.2, 0.25) is 0 Å². The van der Waals surface area contributed by atoms with E-state index in [0.29, 0.717) is 11.1 Å². The molecule has 0 atom stereocenters. The van der Waals surface area contributed by atoms with Crippen molar-refractivity contribution < 1.29 is 18.0 Å². The second-order valence-electron chi connectivity index (χ2n) is 6.03. The molecule has 0 aromatic heterocycles. The topological polar surface area (TPSA) is 29.1 Å². The van der Waals surface area contributed by atoms with Crippen molar-refractivity contribution in [3.63, 3.8) is 0 Å². The van der Waals surface area contributed by atoms with Crippen molar-refractivity contribution in [3.8, 4) is 0 Å². The van der Waals surface area contributed by atoms with E-state index in [1.54, 1.807) is 18.2 Å². The van der Waals surface area contributed by atoms with Crippen LogP contribution in [0.5, 0.6) is 0 Å². The summed E-state index contributed by atoms with van der Waals surface area (Å²) in [6.07, 6.45) is 1.89. The van der Waals surface area contributed by atoms with Gasteiger partial charge in [0, 0.05) is 11.6 Å². The maximum Gasteiger partial charge on any atom is 0.252 e. The van der Waals surface area contributed by atoms with Crippen LogP contribution < -0.4 is 5.32 Å². The number of carbonyl (C=O) groups excluding carboxylic acids is 1. The van der Waals surface area contributed by atoms with E-state index in [0.717, 1.165) is 30.5 Å². The minimum atomic E-state index is -1.53. The van der Waals surface area contributed by atoms with E-state index in [1.165, 1.54) is 0 Å². The average molecular weight is 331 g/mol. The van der Waals surface area contributed by atoms with Crippen LogP contribution in [0.25, 0.3) is 5.57 Å². The molecule has 3 rings (SSSR count). The van der Waals surface area contributed by atoms with Gasteiger partial charge in [-0.05, 0) is 54.7 Å². The third kappa shape index (κ3) is 3.20. The summed E-state index contributed by atoms with van der Waals surface area (Å²) in [5, 5.41) is 2.88. The molecule has 124 valence electrons. The highest BCUT2D eigenvalue weighted by Gasteiger charge is 2.25. The summed E-state index contributed by atoms with van der Waals surface area (Å²) in [4.78, 5) is 12.4. The van der Waals surface area contributed by atoms with Crippen LogP contribution in [0, 0.1) is 24.4 Å². The molecule has 24 heavy (non-hydrogen) atoms. The van der Waals surface area contributed by atoms with Gasteiger partial charge in [0.05, 0.1) is 0 Å². The zero-order valence-electron chi connectivity index (χ0n) is 13.1. The first-order valence-electron chi connectivity index (χ1n) is 7.62. The largest absolute Gasteiger partial charge is 0.349 e. The molecule has 0 aliphatic heterocycles. The van der Waals surface area contributed by atoms with E-state index in [-0.39, 0.29) is 23.1 Å². The smallest absolute Gasteiger partial charge is 0.252 e. The number of carbonyl (C=O) groups is 1. The highest BCUT2D eigenvalue weighted by Crippen LogP contribution is 2.29. The second-order valence-corrected chi connectivity index (χ2v) is 6.03. The minimum absolute atomic E-state index is 0.0949. The Labute approximate surface area is 138 Å². The standard InChI is InChI=1S/C19H16F3NO/c1-10-3-6-14(19(24)23-13-4-5-13)15(7-10)11(2)12-8-16(20)18(22)17(21)9-12/h3,6-9,13H,2,4-5H2,1H3,(H,23,24). The summed E-state index contributed by atoms with van der Waals surface area (Å²) in [5.41, 5.74) is 2.08. The zero-order valence-corrected chi connectivity index (χ0v) is 13.1. The summed E-state index contributed by atoms with van der Waals surface area (Å²) in [5.74, 6) is -4.36. The van der Waals surface area contributed by atoms with Crippen LogP contribution in [0.1, 0.15) is 39.9 Å². The van der Waals surface area contributed by atoms with Crippen molar-refractivity contribution >= 4 is 11.5 Å². The fraction of sp³-hybridized carbons (Fsp3) is 0.211. The Bertz CT molecular complexity index is 817. The Morgan fingerprint density at radius 3 is 2.29 bits per heavy atom. The number of benzene rings is 2. The molecular weight excluding hydrogens is 315 g/mol. The number of rotatable bonds is 4. The lowest BCUT2D eigenvalue weighted by molar-refractivity contribution is 0.0951. The van der Waals surface area contributed by atoms with Gasteiger partial charge in [-0.15, -0.1) is 0 Å². The van der Waals surface area contributed by atoms with Gasteiger partial charge in [-0.3, -0.25) is 4.79 Å². The average Bonchev–Trinajstić information content (AvgIpc) is 3.35. The van der Waals surface area contributed by atoms with Crippen molar-refractivity contribution in [3.05, 3.63) is 76.6 Å². The predicted octanol–water partition coefficient (Wildman–Crippen LogP) is 4.37. The molecule has 5 heteroatoms. The Balaban J connectivity index is 2.02. The van der Waals surface area contributed by atoms with Gasteiger partial charge in [0.15, 0.2) is 17.5 Å². The molecule has 0 saturated heterocycles. The normalized spacial score (nSPS) is 13.7. The van der Waals surface area contributed by atoms with Crippen LogP contribution in [0.15, 0.2) is 36.9 Å². The monoisotopic (exact) mass is 331 g/mol. The lowest BCUT2D eigenvalue weighted by Crippen LogP contribution is -2.26. The molecule has 1 N–H and O–H groups in total. The number of halogens is 3. The first kappa shape index (κ1) is 16.3. The molecule has 1 aliphatic rings. The van der Waals surface area contributed by atoms with E-state index in [1.807, 2.05) is 6.92 Å². The van der Waals surface area contributed by atoms with Crippen molar-refractivity contribution in [2.24, 2.45) is 0 Å². The summed E-state index contributed by atoms with van der Waals surface area (Å²) >= 11 is 0. The van der Waals surface area contributed by atoms with Crippen LogP contribution in [0.2, 0.25) is 0 Å². The van der Waals surface area contributed by atoms with Gasteiger partial charge in [-0.2, -0.15) is 0 Å². The summed E-state index contributed by atoms with van der Waals surface area (Å²) in [6.45, 7) is 5.69. The second kappa shape index (κ2) is 6.15. The van der Waals surface area contributed by atoms with Gasteiger partial charge in [-0.1, -0.05) is 24.3 Å². The molecule has 0 radical (unpaired) electrons. The Morgan fingerprint density at radius 1 is 1.08 bits per heavy atom. The zero-order chi connectivity index (χ0) is 17.4. The van der Waals surface area contributed by atoms with Crippen LogP contribution in [-0.2, 0) is 0 Å². The Hall–Kier alpha value is -2.56. The van der Waals surface area contributed by atoms with E-state index >= 15 is 0 Å². The molecule has 0 spiro atoms. The fourth-order valence-electron chi connectivity index (χ4n) is 2.48. The Kier molecular flexibility index (Phi) is 4.18. The quantitative estimate of drug-likeness (QED) is 0.829. The van der Waals surface area contributed by atoms with Crippen molar-refractivity contribution in [2.75, 3.05) is 0 Å². The number of hydrogen-bond donors (Lipinski definition) is 1. The highest BCUT2D eigenvalue weighted by atomic mass is 19.2. The lowest BCUT2D eigenvalue weighted by atomic mass is 9.93. The molecule has 2 nitrogen and oxygen atoms in total. The molecule has 1 fully saturated rings. The molecular formula is C19H16F3NO. The van der Waals surface area contributed by atoms with Crippen LogP contribution in [-0.4, -0.2) is 11.9 Å². The van der Waals surface area contributed by atoms with Crippen molar-refractivity contribution in [1.29, 1.82) is 0 Å². The van der Waals surface area contributed by atoms with Crippen molar-refractivity contribution in [2.45, 2.75) is 25.8 Å². The molecule has 2 aromatic carbocycles. The first-order valence-corrected chi connectivity index (χ1v) is 7.62. The number of aryl methyl sites for hydroxylation is 1. The van der Waals surface area contributed by atoms with Crippen LogP contribution in [0.4, 0.5) is 13.2 Å². The van der Waals surface area contributed by atoms with Crippen LogP contribution in [0.3, 0.4) is 0 Å². The molecule has 1 aliphatic carbocycles. The van der Waals surface area contributed by atoms with Gasteiger partial charge in [0.1, 0.15) is 0 Å². The molecule has 2 aromatic rings. The minimum Gasteiger partial charge on any atom is -0.349 e. The molecule has 1 saturated carbocycles. The third-order valence-electron chi connectivity index (χ3n) is 3.99. The van der Waals surface area contributed by atoms with E-state index in [9.17, 15) is 18.0 Å². The van der Waals surface area contributed by atoms with Crippen LogP contribution >= 0.6 is 0 Å². The SMILES string of the molecule is C=C(c1cc(F)c(F)c(F)c1)c1cc(C)ccc1C(=O)NC1CC1. The van der Waals surface area contributed by atoms with Gasteiger partial charge >= 0.3 is 0 Å². The summed E-state index contributed by atoms with van der Waals surface area (Å²) < 4.78 is 40.2. The molecule has 0 heterocycles. The summed E-state index contributed by atoms with van der Waals surface area (Å²) in [7, 11) is 0. The first-order chi connectivity index (χ1) is 11.4. The van der Waals surface area contributed by atoms with Gasteiger partial charge in [0.25, 0.3) is 5.91 Å². The van der Waals surface area contributed by atoms with E-state index < -0.39 is 17.5 Å². The molecule has 0 unspecified atom stereocenters. The number of amides is 1. The van der Waals surface area contributed by atoms with Gasteiger partial charge < -0.3 is 5.32 Å². The third-order valence-corrected chi connectivity index (χ3v) is 3.99. The predicted molar refractivity (Wildman–Crippen MR) is 86.1 cm³/mol. The summed E-state index contributed by atoms with van der Waals surface area (Å²) in [6, 6.07) is 7.11.